The van der Waals surface area contributed by atoms with Crippen molar-refractivity contribution in [1.82, 2.24) is 5.32 Å². The third-order valence-corrected chi connectivity index (χ3v) is 4.04. The maximum atomic E-state index is 12.1. The van der Waals surface area contributed by atoms with Gasteiger partial charge in [-0.25, -0.2) is 0 Å². The maximum absolute atomic E-state index is 12.1. The molecule has 0 spiro atoms. The Bertz CT molecular complexity index is 476. The van der Waals surface area contributed by atoms with Crippen LogP contribution >= 0.6 is 23.2 Å². The van der Waals surface area contributed by atoms with Crippen LogP contribution in [0.2, 0.25) is 10.0 Å². The molecule has 18 heavy (non-hydrogen) atoms. The fourth-order valence-electron chi connectivity index (χ4n) is 2.14. The normalized spacial score (nSPS) is 23.1. The highest BCUT2D eigenvalue weighted by molar-refractivity contribution is 6.36. The average molecular weight is 287 g/mol. The van der Waals surface area contributed by atoms with Gasteiger partial charge in [-0.2, -0.15) is 0 Å². The van der Waals surface area contributed by atoms with E-state index in [1.54, 1.807) is 12.1 Å². The van der Waals surface area contributed by atoms with Crippen LogP contribution in [0, 0.1) is 12.8 Å². The van der Waals surface area contributed by atoms with Crippen LogP contribution in [0.15, 0.2) is 12.1 Å². The predicted octanol–water partition coefficient (Wildman–Crippen LogP) is 3.24. The minimum Gasteiger partial charge on any atom is -0.323 e. The number of benzene rings is 1. The van der Waals surface area contributed by atoms with Crippen molar-refractivity contribution in [1.29, 1.82) is 0 Å². The molecule has 2 unspecified atom stereocenters. The molecule has 2 atom stereocenters. The average Bonchev–Trinajstić information content (AvgIpc) is 2.72. The van der Waals surface area contributed by atoms with Crippen LogP contribution in [0.5, 0.6) is 0 Å². The number of hydrogen-bond acceptors (Lipinski definition) is 2. The first-order valence-electron chi connectivity index (χ1n) is 5.99. The highest BCUT2D eigenvalue weighted by atomic mass is 35.5. The Hall–Kier alpha value is -0.770. The van der Waals surface area contributed by atoms with Gasteiger partial charge < -0.3 is 10.6 Å². The highest BCUT2D eigenvalue weighted by Gasteiger charge is 2.29. The topological polar surface area (TPSA) is 41.1 Å². The van der Waals surface area contributed by atoms with Gasteiger partial charge in [-0.1, -0.05) is 30.1 Å². The summed E-state index contributed by atoms with van der Waals surface area (Å²) in [6.45, 7) is 4.82. The van der Waals surface area contributed by atoms with E-state index in [-0.39, 0.29) is 11.9 Å². The van der Waals surface area contributed by atoms with Crippen molar-refractivity contribution in [3.8, 4) is 0 Å². The summed E-state index contributed by atoms with van der Waals surface area (Å²) in [6.07, 6.45) is 1.01. The van der Waals surface area contributed by atoms with Gasteiger partial charge in [-0.15, -0.1) is 0 Å². The summed E-state index contributed by atoms with van der Waals surface area (Å²) in [5.41, 5.74) is 1.46. The van der Waals surface area contributed by atoms with E-state index in [1.807, 2.05) is 6.92 Å². The Labute approximate surface area is 117 Å². The number of rotatable bonds is 2. The SMILES string of the molecule is Cc1cc(Cl)c(NC(=O)C2NCCC2C)cc1Cl. The standard InChI is InChI=1S/C13H16Cl2N2O/c1-7-3-4-16-12(7)13(18)17-11-6-9(14)8(2)5-10(11)15/h5-7,12,16H,3-4H2,1-2H3,(H,17,18). The third-order valence-electron chi connectivity index (χ3n) is 3.32. The van der Waals surface area contributed by atoms with Crippen LogP contribution in [-0.2, 0) is 4.79 Å². The van der Waals surface area contributed by atoms with Crippen LogP contribution in [0.4, 0.5) is 5.69 Å². The number of amides is 1. The zero-order chi connectivity index (χ0) is 13.3. The third kappa shape index (κ3) is 2.79. The minimum absolute atomic E-state index is 0.0539. The zero-order valence-corrected chi connectivity index (χ0v) is 11.9. The zero-order valence-electron chi connectivity index (χ0n) is 10.4. The Morgan fingerprint density at radius 1 is 1.39 bits per heavy atom. The van der Waals surface area contributed by atoms with Crippen molar-refractivity contribution < 1.29 is 4.79 Å². The van der Waals surface area contributed by atoms with Gasteiger partial charge in [0, 0.05) is 5.02 Å². The van der Waals surface area contributed by atoms with Crippen molar-refractivity contribution in [2.75, 3.05) is 11.9 Å². The lowest BCUT2D eigenvalue weighted by Gasteiger charge is -2.16. The van der Waals surface area contributed by atoms with E-state index in [9.17, 15) is 4.79 Å². The summed E-state index contributed by atoms with van der Waals surface area (Å²) < 4.78 is 0. The van der Waals surface area contributed by atoms with Crippen molar-refractivity contribution >= 4 is 34.8 Å². The predicted molar refractivity (Wildman–Crippen MR) is 75.4 cm³/mol. The number of nitrogens with one attached hydrogen (secondary N) is 2. The van der Waals surface area contributed by atoms with Crippen LogP contribution < -0.4 is 10.6 Å². The van der Waals surface area contributed by atoms with Gasteiger partial charge >= 0.3 is 0 Å². The molecule has 1 fully saturated rings. The second-order valence-electron chi connectivity index (χ2n) is 4.77. The summed E-state index contributed by atoms with van der Waals surface area (Å²) in [4.78, 5) is 12.1. The quantitative estimate of drug-likeness (QED) is 0.876. The van der Waals surface area contributed by atoms with Gasteiger partial charge in [-0.05, 0) is 43.5 Å². The molecule has 0 radical (unpaired) electrons. The maximum Gasteiger partial charge on any atom is 0.241 e. The van der Waals surface area contributed by atoms with Crippen LogP contribution in [-0.4, -0.2) is 18.5 Å². The van der Waals surface area contributed by atoms with E-state index in [2.05, 4.69) is 17.6 Å². The molecule has 1 aliphatic rings. The molecule has 2 rings (SSSR count). The molecule has 0 bridgehead atoms. The summed E-state index contributed by atoms with van der Waals surface area (Å²) in [5, 5.41) is 7.13. The largest absolute Gasteiger partial charge is 0.323 e. The van der Waals surface area contributed by atoms with Gasteiger partial charge in [0.25, 0.3) is 0 Å². The number of hydrogen-bond donors (Lipinski definition) is 2. The van der Waals surface area contributed by atoms with Crippen molar-refractivity contribution in [3.63, 3.8) is 0 Å². The van der Waals surface area contributed by atoms with Gasteiger partial charge in [0.15, 0.2) is 0 Å². The molecule has 1 aliphatic heterocycles. The molecule has 1 heterocycles. The Balaban J connectivity index is 2.14. The van der Waals surface area contributed by atoms with E-state index in [4.69, 9.17) is 23.2 Å². The smallest absolute Gasteiger partial charge is 0.241 e. The van der Waals surface area contributed by atoms with E-state index < -0.39 is 0 Å². The molecule has 5 heteroatoms. The molecule has 1 amide bonds. The number of carbonyl (C=O) groups is 1. The first-order chi connectivity index (χ1) is 8.49. The monoisotopic (exact) mass is 286 g/mol. The molecular weight excluding hydrogens is 271 g/mol. The number of anilines is 1. The highest BCUT2D eigenvalue weighted by Crippen LogP contribution is 2.29. The van der Waals surface area contributed by atoms with E-state index in [1.165, 1.54) is 0 Å². The molecule has 3 nitrogen and oxygen atoms in total. The summed E-state index contributed by atoms with van der Waals surface area (Å²) in [6, 6.07) is 3.29. The number of aryl methyl sites for hydroxylation is 1. The van der Waals surface area contributed by atoms with E-state index in [0.717, 1.165) is 18.5 Å². The molecular formula is C13H16Cl2N2O. The molecule has 0 saturated carbocycles. The van der Waals surface area contributed by atoms with Crippen molar-refractivity contribution in [2.24, 2.45) is 5.92 Å². The first kappa shape index (κ1) is 13.7. The van der Waals surface area contributed by atoms with Gasteiger partial charge in [-0.3, -0.25) is 4.79 Å². The Morgan fingerprint density at radius 2 is 2.11 bits per heavy atom. The fourth-order valence-corrected chi connectivity index (χ4v) is 2.57. The van der Waals surface area contributed by atoms with Gasteiger partial charge in [0.2, 0.25) is 5.91 Å². The lowest BCUT2D eigenvalue weighted by Crippen LogP contribution is -2.39. The molecule has 98 valence electrons. The lowest BCUT2D eigenvalue weighted by atomic mass is 10.0. The van der Waals surface area contributed by atoms with Gasteiger partial charge in [0.05, 0.1) is 16.8 Å². The minimum atomic E-state index is -0.152. The Morgan fingerprint density at radius 3 is 2.72 bits per heavy atom. The molecule has 2 N–H and O–H groups in total. The Kier molecular flexibility index (Phi) is 4.15. The number of carbonyl (C=O) groups excluding carboxylic acids is 1. The molecule has 1 aromatic carbocycles. The molecule has 1 saturated heterocycles. The van der Waals surface area contributed by atoms with E-state index in [0.29, 0.717) is 21.7 Å². The first-order valence-corrected chi connectivity index (χ1v) is 6.74. The molecule has 0 aliphatic carbocycles. The second-order valence-corrected chi connectivity index (χ2v) is 5.58. The molecule has 1 aromatic rings. The number of halogens is 2. The van der Waals surface area contributed by atoms with Gasteiger partial charge in [0.1, 0.15) is 0 Å². The lowest BCUT2D eigenvalue weighted by molar-refractivity contribution is -0.118. The second kappa shape index (κ2) is 5.47. The van der Waals surface area contributed by atoms with Crippen LogP contribution in [0.3, 0.4) is 0 Å². The van der Waals surface area contributed by atoms with E-state index >= 15 is 0 Å². The summed E-state index contributed by atoms with van der Waals surface area (Å²) in [5.74, 6) is 0.284. The van der Waals surface area contributed by atoms with Crippen molar-refractivity contribution in [3.05, 3.63) is 27.7 Å². The summed E-state index contributed by atoms with van der Waals surface area (Å²) in [7, 11) is 0. The van der Waals surface area contributed by atoms with Crippen LogP contribution in [0.25, 0.3) is 0 Å². The van der Waals surface area contributed by atoms with Crippen LogP contribution in [0.1, 0.15) is 18.9 Å². The van der Waals surface area contributed by atoms with Crippen molar-refractivity contribution in [2.45, 2.75) is 26.3 Å². The summed E-state index contributed by atoms with van der Waals surface area (Å²) >= 11 is 12.1. The fraction of sp³-hybridized carbons (Fsp3) is 0.462. The molecule has 0 aromatic heterocycles.